The van der Waals surface area contributed by atoms with Crippen LogP contribution in [-0.2, 0) is 9.47 Å². The fraction of sp³-hybridized carbons (Fsp3) is 0.800. The van der Waals surface area contributed by atoms with Crippen LogP contribution in [0.4, 0.5) is 0 Å². The first-order valence-corrected chi connectivity index (χ1v) is 19.1. The third-order valence-corrected chi connectivity index (χ3v) is 8.93. The monoisotopic (exact) mass is 615 g/mol. The summed E-state index contributed by atoms with van der Waals surface area (Å²) in [5.41, 5.74) is 0.690. The Morgan fingerprint density at radius 3 is 0.955 bits per heavy atom. The molecule has 0 aliphatic rings. The van der Waals surface area contributed by atoms with Gasteiger partial charge in [0.25, 0.3) is 0 Å². The van der Waals surface area contributed by atoms with Crippen LogP contribution < -0.4 is 0 Å². The molecule has 1 aromatic carbocycles. The number of unbranched alkanes of at least 4 members (excludes halogenated alkanes) is 18. The summed E-state index contributed by atoms with van der Waals surface area (Å²) in [5.74, 6) is -0.761. The number of esters is 2. The predicted molar refractivity (Wildman–Crippen MR) is 188 cm³/mol. The van der Waals surface area contributed by atoms with Gasteiger partial charge in [-0.1, -0.05) is 155 Å². The maximum absolute atomic E-state index is 13.5. The van der Waals surface area contributed by atoms with Gasteiger partial charge in [0.05, 0.1) is 11.1 Å². The van der Waals surface area contributed by atoms with Crippen LogP contribution in [0.5, 0.6) is 0 Å². The molecular weight excluding hydrogens is 544 g/mol. The van der Waals surface area contributed by atoms with E-state index in [1.807, 2.05) is 12.1 Å². The molecule has 0 aromatic heterocycles. The van der Waals surface area contributed by atoms with Crippen LogP contribution >= 0.6 is 0 Å². The quantitative estimate of drug-likeness (QED) is 0.0639. The van der Waals surface area contributed by atoms with Gasteiger partial charge in [0, 0.05) is 0 Å². The summed E-state index contributed by atoms with van der Waals surface area (Å²) >= 11 is 0. The number of hydrogen-bond donors (Lipinski definition) is 0. The molecule has 0 radical (unpaired) electrons. The van der Waals surface area contributed by atoms with Crippen LogP contribution in [0.3, 0.4) is 0 Å². The van der Waals surface area contributed by atoms with E-state index in [4.69, 9.17) is 9.47 Å². The number of rotatable bonds is 30. The molecule has 0 saturated heterocycles. The van der Waals surface area contributed by atoms with Crippen LogP contribution in [0.25, 0.3) is 0 Å². The molecule has 2 atom stereocenters. The second kappa shape index (κ2) is 28.6. The van der Waals surface area contributed by atoms with E-state index < -0.39 is 0 Å². The molecule has 4 nitrogen and oxygen atoms in total. The predicted octanol–water partition coefficient (Wildman–Crippen LogP) is 13.0. The molecule has 44 heavy (non-hydrogen) atoms. The summed E-state index contributed by atoms with van der Waals surface area (Å²) in [7, 11) is 0. The lowest BCUT2D eigenvalue weighted by atomic mass is 10.0. The van der Waals surface area contributed by atoms with E-state index in [1.165, 1.54) is 116 Å². The minimum absolute atomic E-state index is 0.0945. The lowest BCUT2D eigenvalue weighted by Gasteiger charge is -2.21. The number of ether oxygens (including phenoxy) is 2. The molecule has 0 aliphatic heterocycles. The van der Waals surface area contributed by atoms with E-state index in [1.54, 1.807) is 12.1 Å². The summed E-state index contributed by atoms with van der Waals surface area (Å²) in [6.45, 7) is 8.95. The van der Waals surface area contributed by atoms with Gasteiger partial charge in [0.2, 0.25) is 0 Å². The van der Waals surface area contributed by atoms with Crippen molar-refractivity contribution in [2.75, 3.05) is 0 Å². The summed E-state index contributed by atoms with van der Waals surface area (Å²) in [6.07, 6.45) is 30.1. The Hall–Kier alpha value is -1.84. The largest absolute Gasteiger partial charge is 0.459 e. The first-order valence-electron chi connectivity index (χ1n) is 19.1. The highest BCUT2D eigenvalue weighted by molar-refractivity contribution is 6.03. The fourth-order valence-corrected chi connectivity index (χ4v) is 6.05. The molecule has 254 valence electrons. The zero-order valence-corrected chi connectivity index (χ0v) is 29.5. The highest BCUT2D eigenvalue weighted by Crippen LogP contribution is 2.22. The Balaban J connectivity index is 2.84. The zero-order chi connectivity index (χ0) is 32.1. The van der Waals surface area contributed by atoms with Crippen LogP contribution in [0.15, 0.2) is 24.3 Å². The Labute approximate surface area is 272 Å². The average molecular weight is 615 g/mol. The van der Waals surface area contributed by atoms with Gasteiger partial charge in [0.1, 0.15) is 12.2 Å². The molecule has 0 spiro atoms. The molecule has 0 heterocycles. The lowest BCUT2D eigenvalue weighted by molar-refractivity contribution is 0.0201. The molecule has 0 amide bonds. The Kier molecular flexibility index (Phi) is 26.1. The van der Waals surface area contributed by atoms with E-state index >= 15 is 0 Å². The van der Waals surface area contributed by atoms with E-state index in [9.17, 15) is 9.59 Å². The maximum Gasteiger partial charge on any atom is 0.339 e. The van der Waals surface area contributed by atoms with Crippen LogP contribution in [0, 0.1) is 0 Å². The topological polar surface area (TPSA) is 52.6 Å². The second-order valence-electron chi connectivity index (χ2n) is 13.1. The van der Waals surface area contributed by atoms with Crippen LogP contribution in [-0.4, -0.2) is 24.1 Å². The van der Waals surface area contributed by atoms with Crippen LogP contribution in [0.1, 0.15) is 215 Å². The van der Waals surface area contributed by atoms with Gasteiger partial charge >= 0.3 is 11.9 Å². The molecule has 0 bridgehead atoms. The van der Waals surface area contributed by atoms with Crippen molar-refractivity contribution in [3.8, 4) is 0 Å². The smallest absolute Gasteiger partial charge is 0.339 e. The average Bonchev–Trinajstić information content (AvgIpc) is 3.03. The van der Waals surface area contributed by atoms with Gasteiger partial charge in [-0.15, -0.1) is 0 Å². The van der Waals surface area contributed by atoms with E-state index in [0.29, 0.717) is 11.1 Å². The molecular formula is C40H70O4. The molecule has 0 aliphatic carbocycles. The Morgan fingerprint density at radius 2 is 0.682 bits per heavy atom. The maximum atomic E-state index is 13.5. The second-order valence-corrected chi connectivity index (χ2v) is 13.1. The van der Waals surface area contributed by atoms with Crippen molar-refractivity contribution in [3.05, 3.63) is 35.4 Å². The minimum atomic E-state index is -0.380. The van der Waals surface area contributed by atoms with Crippen molar-refractivity contribution in [1.82, 2.24) is 0 Å². The molecule has 2 unspecified atom stereocenters. The van der Waals surface area contributed by atoms with Crippen LogP contribution in [0.2, 0.25) is 0 Å². The highest BCUT2D eigenvalue weighted by Gasteiger charge is 2.24. The standard InChI is InChI=1S/C40H70O4/c1-5-9-13-17-21-25-31-35(29-23-19-15-11-7-3)43-39(41)37-33-27-28-34-38(37)40(42)44-36(30-24-20-16-12-8-4)32-26-22-18-14-10-6-2/h27-28,33-36H,5-26,29-32H2,1-4H3. The van der Waals surface area contributed by atoms with Gasteiger partial charge in [-0.2, -0.15) is 0 Å². The molecule has 0 saturated carbocycles. The number of carbonyl (C=O) groups excluding carboxylic acids is 2. The van der Waals surface area contributed by atoms with Crippen molar-refractivity contribution in [2.45, 2.75) is 207 Å². The van der Waals surface area contributed by atoms with E-state index in [0.717, 1.165) is 51.4 Å². The number of carbonyl (C=O) groups is 2. The van der Waals surface area contributed by atoms with E-state index in [2.05, 4.69) is 27.7 Å². The van der Waals surface area contributed by atoms with Crippen molar-refractivity contribution in [2.24, 2.45) is 0 Å². The fourth-order valence-electron chi connectivity index (χ4n) is 6.05. The molecule has 0 fully saturated rings. The minimum Gasteiger partial charge on any atom is -0.459 e. The normalized spacial score (nSPS) is 12.6. The zero-order valence-electron chi connectivity index (χ0n) is 29.5. The van der Waals surface area contributed by atoms with Gasteiger partial charge < -0.3 is 9.47 Å². The summed E-state index contributed by atoms with van der Waals surface area (Å²) in [4.78, 5) is 27.0. The van der Waals surface area contributed by atoms with Crippen molar-refractivity contribution in [3.63, 3.8) is 0 Å². The molecule has 1 aromatic rings. The van der Waals surface area contributed by atoms with Gasteiger partial charge in [-0.25, -0.2) is 9.59 Å². The SMILES string of the molecule is CCCCCCCCC(CCCCCCC)OC(=O)c1ccccc1C(=O)OC(CCCCCCC)CCCCCCCC. The Bertz CT molecular complexity index is 752. The number of hydrogen-bond acceptors (Lipinski definition) is 4. The summed E-state index contributed by atoms with van der Waals surface area (Å²) in [5, 5.41) is 0. The third-order valence-electron chi connectivity index (χ3n) is 8.93. The Morgan fingerprint density at radius 1 is 0.432 bits per heavy atom. The van der Waals surface area contributed by atoms with Gasteiger partial charge in [0.15, 0.2) is 0 Å². The van der Waals surface area contributed by atoms with Crippen molar-refractivity contribution >= 4 is 11.9 Å². The third kappa shape index (κ3) is 20.2. The van der Waals surface area contributed by atoms with Crippen molar-refractivity contribution in [1.29, 1.82) is 0 Å². The first kappa shape index (κ1) is 40.2. The molecule has 0 N–H and O–H groups in total. The lowest BCUT2D eigenvalue weighted by Crippen LogP contribution is -2.23. The highest BCUT2D eigenvalue weighted by atomic mass is 16.5. The molecule has 1 rings (SSSR count). The van der Waals surface area contributed by atoms with Crippen molar-refractivity contribution < 1.29 is 19.1 Å². The van der Waals surface area contributed by atoms with Gasteiger partial charge in [-0.3, -0.25) is 0 Å². The first-order chi connectivity index (χ1) is 21.6. The van der Waals surface area contributed by atoms with Gasteiger partial charge in [-0.05, 0) is 63.5 Å². The summed E-state index contributed by atoms with van der Waals surface area (Å²) in [6, 6.07) is 7.11. The number of benzene rings is 1. The molecule has 4 heteroatoms. The summed E-state index contributed by atoms with van der Waals surface area (Å²) < 4.78 is 12.3. The van der Waals surface area contributed by atoms with E-state index in [-0.39, 0.29) is 24.1 Å².